The second-order valence-corrected chi connectivity index (χ2v) is 20.2. The summed E-state index contributed by atoms with van der Waals surface area (Å²) in [7, 11) is -2.86. The van der Waals surface area contributed by atoms with Crippen molar-refractivity contribution in [2.75, 3.05) is 0 Å². The predicted molar refractivity (Wildman–Crippen MR) is 270 cm³/mol. The normalized spacial score (nSPS) is 11.8. The van der Waals surface area contributed by atoms with Crippen LogP contribution < -0.4 is 20.7 Å². The highest BCUT2D eigenvalue weighted by atomic mass is 28.3. The van der Waals surface area contributed by atoms with Crippen LogP contribution in [0, 0.1) is 0 Å². The maximum Gasteiger partial charge on any atom is 0.179 e. The molecule has 0 N–H and O–H groups in total. The molecule has 0 aliphatic carbocycles. The zero-order chi connectivity index (χ0) is 41.7. The number of aromatic nitrogens is 2. The van der Waals surface area contributed by atoms with Gasteiger partial charge in [-0.05, 0) is 79.4 Å². The third-order valence-electron chi connectivity index (χ3n) is 13.1. The third kappa shape index (κ3) is 5.85. The molecule has 0 radical (unpaired) electrons. The molecular weight excluding hydrogens is 777 g/mol. The van der Waals surface area contributed by atoms with E-state index >= 15 is 0 Å². The number of benzene rings is 10. The van der Waals surface area contributed by atoms with Gasteiger partial charge in [-0.1, -0.05) is 218 Å². The maximum atomic E-state index is 2.57. The molecule has 12 rings (SSSR count). The van der Waals surface area contributed by atoms with E-state index in [1.54, 1.807) is 0 Å². The van der Waals surface area contributed by atoms with Crippen LogP contribution in [0.5, 0.6) is 0 Å². The molecule has 2 nitrogen and oxygen atoms in total. The number of hydrogen-bond acceptors (Lipinski definition) is 0. The molecule has 12 aromatic rings. The lowest BCUT2D eigenvalue weighted by Crippen LogP contribution is -2.74. The van der Waals surface area contributed by atoms with Gasteiger partial charge >= 0.3 is 0 Å². The molecule has 10 aromatic carbocycles. The van der Waals surface area contributed by atoms with Gasteiger partial charge in [0.1, 0.15) is 0 Å². The van der Waals surface area contributed by atoms with Crippen molar-refractivity contribution in [3.63, 3.8) is 0 Å². The van der Waals surface area contributed by atoms with Crippen LogP contribution in [-0.2, 0) is 0 Å². The molecule has 0 aliphatic rings. The second-order valence-electron chi connectivity index (χ2n) is 16.4. The first kappa shape index (κ1) is 36.8. The molecule has 0 fully saturated rings. The Morgan fingerprint density at radius 3 is 1.43 bits per heavy atom. The van der Waals surface area contributed by atoms with Crippen molar-refractivity contribution in [3.05, 3.63) is 255 Å². The fourth-order valence-electron chi connectivity index (χ4n) is 10.4. The highest BCUT2D eigenvalue weighted by Crippen LogP contribution is 2.42. The highest BCUT2D eigenvalue weighted by Gasteiger charge is 2.41. The largest absolute Gasteiger partial charge is 0.307 e. The summed E-state index contributed by atoms with van der Waals surface area (Å²) in [5, 5.41) is 10.4. The first-order valence-electron chi connectivity index (χ1n) is 21.8. The lowest BCUT2D eigenvalue weighted by atomic mass is 9.99. The van der Waals surface area contributed by atoms with Gasteiger partial charge in [0, 0.05) is 27.2 Å². The standard InChI is InChI=1S/C60H42N2Si/c1-6-20-43(21-7-1)44-36-38-46(39-37-44)61-55-33-17-16-30-52(55)53-32-19-35-57(60(53)61)62-56-34-18-31-51(45-22-8-2-9-23-45)59(56)54-41-40-50(42-58(54)62)63(47-24-10-3-11-25-47,48-26-12-4-13-27-48)49-28-14-5-15-29-49/h1-42H. The van der Waals surface area contributed by atoms with Crippen molar-refractivity contribution in [1.82, 2.24) is 9.13 Å². The smallest absolute Gasteiger partial charge is 0.179 e. The van der Waals surface area contributed by atoms with E-state index < -0.39 is 8.07 Å². The maximum absolute atomic E-state index is 2.86. The molecule has 2 heterocycles. The second kappa shape index (κ2) is 15.2. The van der Waals surface area contributed by atoms with Crippen molar-refractivity contribution < 1.29 is 0 Å². The van der Waals surface area contributed by atoms with Crippen molar-refractivity contribution in [1.29, 1.82) is 0 Å². The zero-order valence-electron chi connectivity index (χ0n) is 34.6. The number of fused-ring (bicyclic) bond motifs is 6. The van der Waals surface area contributed by atoms with Crippen LogP contribution in [0.2, 0.25) is 0 Å². The van der Waals surface area contributed by atoms with Gasteiger partial charge in [0.05, 0.1) is 27.8 Å². The Morgan fingerprint density at radius 1 is 0.286 bits per heavy atom. The van der Waals surface area contributed by atoms with Gasteiger partial charge in [0.25, 0.3) is 0 Å². The molecule has 0 atom stereocenters. The van der Waals surface area contributed by atoms with E-state index in [0.717, 1.165) is 11.4 Å². The van der Waals surface area contributed by atoms with Crippen LogP contribution in [0.15, 0.2) is 255 Å². The summed E-state index contributed by atoms with van der Waals surface area (Å²) in [6, 6.07) is 94.3. The van der Waals surface area contributed by atoms with Crippen LogP contribution >= 0.6 is 0 Å². The molecule has 296 valence electrons. The Balaban J connectivity index is 1.21. The zero-order valence-corrected chi connectivity index (χ0v) is 35.6. The molecule has 0 bridgehead atoms. The highest BCUT2D eigenvalue weighted by molar-refractivity contribution is 7.20. The molecule has 0 spiro atoms. The minimum atomic E-state index is -2.86. The van der Waals surface area contributed by atoms with Crippen molar-refractivity contribution in [3.8, 4) is 33.6 Å². The topological polar surface area (TPSA) is 9.86 Å². The van der Waals surface area contributed by atoms with Crippen molar-refractivity contribution in [2.24, 2.45) is 0 Å². The average Bonchev–Trinajstić information content (AvgIpc) is 3.89. The molecule has 0 unspecified atom stereocenters. The number of nitrogens with zero attached hydrogens (tertiary/aromatic N) is 2. The molecular formula is C60H42N2Si. The third-order valence-corrected chi connectivity index (χ3v) is 17.9. The van der Waals surface area contributed by atoms with E-state index in [2.05, 4.69) is 264 Å². The van der Waals surface area contributed by atoms with Gasteiger partial charge in [-0.3, -0.25) is 0 Å². The Bertz CT molecular complexity index is 3480. The molecule has 3 heteroatoms. The molecule has 0 aliphatic heterocycles. The molecule has 2 aromatic heterocycles. The summed E-state index contributed by atoms with van der Waals surface area (Å²) in [5.74, 6) is 0. The first-order chi connectivity index (χ1) is 31.3. The van der Waals surface area contributed by atoms with Gasteiger partial charge in [-0.25, -0.2) is 0 Å². The van der Waals surface area contributed by atoms with E-state index in [4.69, 9.17) is 0 Å². The lowest BCUT2D eigenvalue weighted by Gasteiger charge is -2.34. The Hall–Kier alpha value is -7.98. The summed E-state index contributed by atoms with van der Waals surface area (Å²) < 4.78 is 5.05. The Kier molecular flexibility index (Phi) is 8.87. The van der Waals surface area contributed by atoms with Crippen LogP contribution in [0.25, 0.3) is 77.2 Å². The number of rotatable bonds is 8. The quantitative estimate of drug-likeness (QED) is 0.107. The SMILES string of the molecule is c1ccc(-c2ccc(-n3c4ccccc4c4cccc(-n5c6cc([Si](c7ccccc7)(c7ccccc7)c7ccccc7)ccc6c6c(-c7ccccc7)cccc65)c43)cc2)cc1. The van der Waals surface area contributed by atoms with Crippen molar-refractivity contribution >= 4 is 72.4 Å². The fraction of sp³-hybridized carbons (Fsp3) is 0. The van der Waals surface area contributed by atoms with Crippen molar-refractivity contribution in [2.45, 2.75) is 0 Å². The van der Waals surface area contributed by atoms with E-state index in [-0.39, 0.29) is 0 Å². The van der Waals surface area contributed by atoms with Crippen LogP contribution in [-0.4, -0.2) is 17.2 Å². The number of para-hydroxylation sites is 2. The fourth-order valence-corrected chi connectivity index (χ4v) is 15.1. The summed E-state index contributed by atoms with van der Waals surface area (Å²) in [6.45, 7) is 0. The van der Waals surface area contributed by atoms with E-state index in [0.29, 0.717) is 0 Å². The average molecular weight is 819 g/mol. The van der Waals surface area contributed by atoms with Gasteiger partial charge < -0.3 is 9.13 Å². The monoisotopic (exact) mass is 818 g/mol. The van der Waals surface area contributed by atoms with E-state index in [9.17, 15) is 0 Å². The van der Waals surface area contributed by atoms with Gasteiger partial charge in [-0.2, -0.15) is 0 Å². The van der Waals surface area contributed by atoms with Gasteiger partial charge in [0.2, 0.25) is 0 Å². The lowest BCUT2D eigenvalue weighted by molar-refractivity contribution is 1.13. The minimum Gasteiger partial charge on any atom is -0.307 e. The predicted octanol–water partition coefficient (Wildman–Crippen LogP) is 12.6. The summed E-state index contributed by atoms with van der Waals surface area (Å²) in [6.07, 6.45) is 0. The van der Waals surface area contributed by atoms with Crippen LogP contribution in [0.1, 0.15) is 0 Å². The Labute approximate surface area is 368 Å². The van der Waals surface area contributed by atoms with Crippen LogP contribution in [0.4, 0.5) is 0 Å². The van der Waals surface area contributed by atoms with E-state index in [1.165, 1.54) is 86.6 Å². The van der Waals surface area contributed by atoms with Gasteiger partial charge in [0.15, 0.2) is 8.07 Å². The number of hydrogen-bond donors (Lipinski definition) is 0. The minimum absolute atomic E-state index is 1.13. The Morgan fingerprint density at radius 2 is 0.794 bits per heavy atom. The molecule has 0 amide bonds. The molecule has 0 saturated heterocycles. The van der Waals surface area contributed by atoms with Gasteiger partial charge in [-0.15, -0.1) is 0 Å². The molecule has 0 saturated carbocycles. The molecule has 63 heavy (non-hydrogen) atoms. The van der Waals surface area contributed by atoms with Crippen LogP contribution in [0.3, 0.4) is 0 Å². The summed E-state index contributed by atoms with van der Waals surface area (Å²) in [4.78, 5) is 0. The van der Waals surface area contributed by atoms with E-state index in [1.807, 2.05) is 0 Å². The summed E-state index contributed by atoms with van der Waals surface area (Å²) in [5.41, 5.74) is 11.8. The first-order valence-corrected chi connectivity index (χ1v) is 23.8. The summed E-state index contributed by atoms with van der Waals surface area (Å²) >= 11 is 0.